The Morgan fingerprint density at radius 1 is 1.21 bits per heavy atom. The van der Waals surface area contributed by atoms with Crippen LogP contribution in [0.5, 0.6) is 5.75 Å². The second-order valence-corrected chi connectivity index (χ2v) is 6.31. The summed E-state index contributed by atoms with van der Waals surface area (Å²) in [4.78, 5) is 12.1. The molecule has 0 saturated heterocycles. The lowest BCUT2D eigenvalue weighted by molar-refractivity contribution is -0.122. The SMILES string of the molecule is COc1ccc(CCC(=O)NC[C@@]2(O)CCc3ccccc32)cc1. The molecule has 1 aliphatic carbocycles. The zero-order valence-electron chi connectivity index (χ0n) is 13.9. The third-order valence-corrected chi connectivity index (χ3v) is 4.70. The lowest BCUT2D eigenvalue weighted by atomic mass is 9.96. The van der Waals surface area contributed by atoms with E-state index >= 15 is 0 Å². The van der Waals surface area contributed by atoms with Crippen molar-refractivity contribution in [1.29, 1.82) is 0 Å². The van der Waals surface area contributed by atoms with Crippen molar-refractivity contribution < 1.29 is 14.6 Å². The van der Waals surface area contributed by atoms with Crippen LogP contribution in [-0.2, 0) is 23.2 Å². The summed E-state index contributed by atoms with van der Waals surface area (Å²) in [5.74, 6) is 0.772. The number of rotatable bonds is 6. The van der Waals surface area contributed by atoms with Crippen LogP contribution in [0.4, 0.5) is 0 Å². The zero-order valence-corrected chi connectivity index (χ0v) is 13.9. The molecule has 0 aromatic heterocycles. The van der Waals surface area contributed by atoms with E-state index in [2.05, 4.69) is 5.32 Å². The van der Waals surface area contributed by atoms with Crippen molar-refractivity contribution >= 4 is 5.91 Å². The molecular weight excluding hydrogens is 302 g/mol. The molecule has 3 rings (SSSR count). The Hall–Kier alpha value is -2.33. The minimum atomic E-state index is -0.938. The van der Waals surface area contributed by atoms with Gasteiger partial charge < -0.3 is 15.2 Å². The van der Waals surface area contributed by atoms with Gasteiger partial charge in [0.1, 0.15) is 11.4 Å². The van der Waals surface area contributed by atoms with Gasteiger partial charge in [0, 0.05) is 6.42 Å². The zero-order chi connectivity index (χ0) is 17.0. The fourth-order valence-corrected chi connectivity index (χ4v) is 3.24. The summed E-state index contributed by atoms with van der Waals surface area (Å²) in [7, 11) is 1.63. The first-order chi connectivity index (χ1) is 11.6. The molecule has 0 heterocycles. The fourth-order valence-electron chi connectivity index (χ4n) is 3.24. The number of carbonyl (C=O) groups excluding carboxylic acids is 1. The van der Waals surface area contributed by atoms with E-state index in [4.69, 9.17) is 4.74 Å². The quantitative estimate of drug-likeness (QED) is 0.858. The van der Waals surface area contributed by atoms with Gasteiger partial charge in [0.15, 0.2) is 0 Å². The molecule has 2 N–H and O–H groups in total. The van der Waals surface area contributed by atoms with Crippen LogP contribution in [-0.4, -0.2) is 24.7 Å². The van der Waals surface area contributed by atoms with Gasteiger partial charge in [-0.3, -0.25) is 4.79 Å². The Labute approximate surface area is 142 Å². The first-order valence-electron chi connectivity index (χ1n) is 8.31. The summed E-state index contributed by atoms with van der Waals surface area (Å²) < 4.78 is 5.12. The average Bonchev–Trinajstić information content (AvgIpc) is 2.96. The highest BCUT2D eigenvalue weighted by atomic mass is 16.5. The Morgan fingerprint density at radius 3 is 2.71 bits per heavy atom. The predicted octanol–water partition coefficient (Wildman–Crippen LogP) is 2.58. The summed E-state index contributed by atoms with van der Waals surface area (Å²) in [6, 6.07) is 15.6. The number of carbonyl (C=O) groups is 1. The molecule has 0 saturated carbocycles. The number of nitrogens with one attached hydrogen (secondary N) is 1. The number of benzene rings is 2. The number of amides is 1. The first kappa shape index (κ1) is 16.5. The van der Waals surface area contributed by atoms with Gasteiger partial charge in [0.25, 0.3) is 0 Å². The van der Waals surface area contributed by atoms with E-state index in [-0.39, 0.29) is 12.5 Å². The van der Waals surface area contributed by atoms with Crippen molar-refractivity contribution in [1.82, 2.24) is 5.32 Å². The molecule has 1 aliphatic rings. The molecule has 0 fully saturated rings. The largest absolute Gasteiger partial charge is 0.497 e. The van der Waals surface area contributed by atoms with Crippen LogP contribution in [0, 0.1) is 0 Å². The summed E-state index contributed by atoms with van der Waals surface area (Å²) in [5.41, 5.74) is 2.27. The molecule has 126 valence electrons. The average molecular weight is 325 g/mol. The highest BCUT2D eigenvalue weighted by Gasteiger charge is 2.36. The molecule has 0 spiro atoms. The van der Waals surface area contributed by atoms with E-state index < -0.39 is 5.60 Å². The summed E-state index contributed by atoms with van der Waals surface area (Å²) in [5, 5.41) is 13.7. The van der Waals surface area contributed by atoms with E-state index in [9.17, 15) is 9.90 Å². The number of aliphatic hydroxyl groups is 1. The Bertz CT molecular complexity index is 711. The van der Waals surface area contributed by atoms with Gasteiger partial charge in [-0.1, -0.05) is 36.4 Å². The molecule has 0 aliphatic heterocycles. The number of fused-ring (bicyclic) bond motifs is 1. The van der Waals surface area contributed by atoms with E-state index in [0.29, 0.717) is 19.3 Å². The van der Waals surface area contributed by atoms with Gasteiger partial charge in [0.05, 0.1) is 13.7 Å². The molecular formula is C20H23NO3. The van der Waals surface area contributed by atoms with Crippen LogP contribution in [0.1, 0.15) is 29.5 Å². The monoisotopic (exact) mass is 325 g/mol. The standard InChI is InChI=1S/C20H23NO3/c1-24-17-9-6-15(7-10-17)8-11-19(22)21-14-20(23)13-12-16-4-2-3-5-18(16)20/h2-7,9-10,23H,8,11-14H2,1H3,(H,21,22)/t20-/m0/s1. The highest BCUT2D eigenvalue weighted by Crippen LogP contribution is 2.36. The maximum absolute atomic E-state index is 12.1. The van der Waals surface area contributed by atoms with Crippen molar-refractivity contribution in [2.45, 2.75) is 31.3 Å². The second-order valence-electron chi connectivity index (χ2n) is 6.31. The Balaban J connectivity index is 1.51. The smallest absolute Gasteiger partial charge is 0.220 e. The van der Waals surface area contributed by atoms with Crippen molar-refractivity contribution in [2.75, 3.05) is 13.7 Å². The lowest BCUT2D eigenvalue weighted by Crippen LogP contribution is -2.39. The summed E-state index contributed by atoms with van der Waals surface area (Å²) in [6.45, 7) is 0.269. The minimum Gasteiger partial charge on any atom is -0.497 e. The molecule has 1 amide bonds. The van der Waals surface area contributed by atoms with Crippen molar-refractivity contribution in [3.63, 3.8) is 0 Å². The second kappa shape index (κ2) is 7.05. The maximum Gasteiger partial charge on any atom is 0.220 e. The lowest BCUT2D eigenvalue weighted by Gasteiger charge is -2.24. The summed E-state index contributed by atoms with van der Waals surface area (Å²) in [6.07, 6.45) is 2.59. The molecule has 1 atom stereocenters. The van der Waals surface area contributed by atoms with Gasteiger partial charge in [-0.2, -0.15) is 0 Å². The molecule has 24 heavy (non-hydrogen) atoms. The third-order valence-electron chi connectivity index (χ3n) is 4.70. The number of hydrogen-bond donors (Lipinski definition) is 2. The van der Waals surface area contributed by atoms with Crippen molar-refractivity contribution in [3.8, 4) is 5.75 Å². The molecule has 2 aromatic carbocycles. The maximum atomic E-state index is 12.1. The van der Waals surface area contributed by atoms with Gasteiger partial charge in [0.2, 0.25) is 5.91 Å². The highest BCUT2D eigenvalue weighted by molar-refractivity contribution is 5.76. The van der Waals surface area contributed by atoms with Crippen LogP contribution in [0.3, 0.4) is 0 Å². The van der Waals surface area contributed by atoms with E-state index in [1.807, 2.05) is 48.5 Å². The molecule has 4 heteroatoms. The molecule has 0 radical (unpaired) electrons. The van der Waals surface area contributed by atoms with E-state index in [1.165, 1.54) is 5.56 Å². The van der Waals surface area contributed by atoms with Gasteiger partial charge in [-0.25, -0.2) is 0 Å². The fraction of sp³-hybridized carbons (Fsp3) is 0.350. The number of aryl methyl sites for hydroxylation is 2. The van der Waals surface area contributed by atoms with Gasteiger partial charge in [-0.05, 0) is 48.1 Å². The van der Waals surface area contributed by atoms with Crippen LogP contribution < -0.4 is 10.1 Å². The minimum absolute atomic E-state index is 0.0383. The number of ether oxygens (including phenoxy) is 1. The van der Waals surface area contributed by atoms with E-state index in [0.717, 1.165) is 23.3 Å². The normalized spacial score (nSPS) is 18.9. The van der Waals surface area contributed by atoms with Crippen LogP contribution in [0.2, 0.25) is 0 Å². The van der Waals surface area contributed by atoms with Crippen molar-refractivity contribution in [3.05, 3.63) is 65.2 Å². The Morgan fingerprint density at radius 2 is 1.96 bits per heavy atom. The topological polar surface area (TPSA) is 58.6 Å². The third kappa shape index (κ3) is 3.60. The van der Waals surface area contributed by atoms with Crippen LogP contribution in [0.15, 0.2) is 48.5 Å². The van der Waals surface area contributed by atoms with Crippen LogP contribution in [0.25, 0.3) is 0 Å². The molecule has 2 aromatic rings. The van der Waals surface area contributed by atoms with Crippen LogP contribution >= 0.6 is 0 Å². The van der Waals surface area contributed by atoms with E-state index in [1.54, 1.807) is 7.11 Å². The van der Waals surface area contributed by atoms with Gasteiger partial charge >= 0.3 is 0 Å². The number of methoxy groups -OCH3 is 1. The summed E-state index contributed by atoms with van der Waals surface area (Å²) >= 11 is 0. The van der Waals surface area contributed by atoms with Gasteiger partial charge in [-0.15, -0.1) is 0 Å². The van der Waals surface area contributed by atoms with Crippen molar-refractivity contribution in [2.24, 2.45) is 0 Å². The molecule has 0 bridgehead atoms. The molecule has 4 nitrogen and oxygen atoms in total. The Kier molecular flexibility index (Phi) is 4.86. The molecule has 0 unspecified atom stereocenters. The predicted molar refractivity (Wildman–Crippen MR) is 93.0 cm³/mol. The first-order valence-corrected chi connectivity index (χ1v) is 8.31. The number of hydrogen-bond acceptors (Lipinski definition) is 3.